The molecule has 1 aromatic carbocycles. The van der Waals surface area contributed by atoms with Crippen molar-refractivity contribution in [3.8, 4) is 6.07 Å². The molecule has 0 N–H and O–H groups in total. The van der Waals surface area contributed by atoms with Crippen LogP contribution >= 0.6 is 0 Å². The molecule has 0 aromatic heterocycles. The van der Waals surface area contributed by atoms with E-state index in [-0.39, 0.29) is 18.5 Å². The molecule has 0 spiro atoms. The van der Waals surface area contributed by atoms with Crippen molar-refractivity contribution in [2.45, 2.75) is 19.4 Å². The number of benzene rings is 1. The van der Waals surface area contributed by atoms with E-state index in [0.29, 0.717) is 5.56 Å². The Morgan fingerprint density at radius 3 is 2.72 bits per heavy atom. The third-order valence-electron chi connectivity index (χ3n) is 2.16. The summed E-state index contributed by atoms with van der Waals surface area (Å²) >= 11 is 0. The van der Waals surface area contributed by atoms with Crippen molar-refractivity contribution in [2.24, 2.45) is 5.16 Å². The largest absolute Gasteiger partial charge is 0.469 e. The Morgan fingerprint density at radius 2 is 2.17 bits per heavy atom. The van der Waals surface area contributed by atoms with Crippen LogP contribution in [0.15, 0.2) is 29.4 Å². The number of esters is 1. The Morgan fingerprint density at radius 1 is 1.50 bits per heavy atom. The number of nitrogens with zero attached hydrogens (tertiary/aromatic N) is 2. The quantitative estimate of drug-likeness (QED) is 0.451. The standard InChI is InChI=1S/C13H14N2O3/c1-10(7-13(16)17-2)18-15-9-12-5-3-11(8-14)4-6-12/h3-6,9-10H,7H2,1-2H3. The van der Waals surface area contributed by atoms with E-state index < -0.39 is 0 Å². The van der Waals surface area contributed by atoms with E-state index in [1.165, 1.54) is 13.3 Å². The number of hydrogen-bond acceptors (Lipinski definition) is 5. The molecule has 0 saturated heterocycles. The number of ether oxygens (including phenoxy) is 1. The van der Waals surface area contributed by atoms with Gasteiger partial charge in [0.05, 0.1) is 31.4 Å². The fourth-order valence-electron chi connectivity index (χ4n) is 1.19. The van der Waals surface area contributed by atoms with Gasteiger partial charge in [0.2, 0.25) is 0 Å². The van der Waals surface area contributed by atoms with Crippen molar-refractivity contribution in [1.29, 1.82) is 5.26 Å². The van der Waals surface area contributed by atoms with Crippen LogP contribution < -0.4 is 0 Å². The third kappa shape index (κ3) is 4.66. The van der Waals surface area contributed by atoms with Crippen LogP contribution in [0.25, 0.3) is 0 Å². The van der Waals surface area contributed by atoms with Gasteiger partial charge >= 0.3 is 5.97 Å². The average molecular weight is 246 g/mol. The first-order valence-electron chi connectivity index (χ1n) is 5.42. The van der Waals surface area contributed by atoms with Crippen LogP contribution in [0.2, 0.25) is 0 Å². The molecular formula is C13H14N2O3. The molecule has 18 heavy (non-hydrogen) atoms. The van der Waals surface area contributed by atoms with Gasteiger partial charge in [-0.15, -0.1) is 0 Å². The Kier molecular flexibility index (Phi) is 5.39. The summed E-state index contributed by atoms with van der Waals surface area (Å²) in [5.41, 5.74) is 1.41. The van der Waals surface area contributed by atoms with E-state index in [2.05, 4.69) is 9.89 Å². The molecule has 1 rings (SSSR count). The van der Waals surface area contributed by atoms with Crippen molar-refractivity contribution < 1.29 is 14.4 Å². The molecule has 0 amide bonds. The number of carbonyl (C=O) groups excluding carboxylic acids is 1. The molecule has 0 aliphatic carbocycles. The van der Waals surface area contributed by atoms with Crippen molar-refractivity contribution in [1.82, 2.24) is 0 Å². The molecule has 0 aliphatic heterocycles. The summed E-state index contributed by atoms with van der Waals surface area (Å²) in [6, 6.07) is 8.94. The van der Waals surface area contributed by atoms with E-state index in [0.717, 1.165) is 5.56 Å². The predicted molar refractivity (Wildman–Crippen MR) is 65.9 cm³/mol. The second kappa shape index (κ2) is 7.07. The van der Waals surface area contributed by atoms with Gasteiger partial charge in [0.25, 0.3) is 0 Å². The number of carbonyl (C=O) groups is 1. The predicted octanol–water partition coefficient (Wildman–Crippen LogP) is 1.86. The second-order valence-electron chi connectivity index (χ2n) is 3.66. The van der Waals surface area contributed by atoms with E-state index in [1.54, 1.807) is 31.2 Å². The van der Waals surface area contributed by atoms with Crippen LogP contribution in [0.5, 0.6) is 0 Å². The first-order chi connectivity index (χ1) is 8.65. The summed E-state index contributed by atoms with van der Waals surface area (Å²) in [5, 5.41) is 12.4. The fourth-order valence-corrected chi connectivity index (χ4v) is 1.19. The van der Waals surface area contributed by atoms with Crippen LogP contribution in [0.3, 0.4) is 0 Å². The van der Waals surface area contributed by atoms with Crippen LogP contribution in [0, 0.1) is 11.3 Å². The van der Waals surface area contributed by atoms with Gasteiger partial charge in [-0.2, -0.15) is 5.26 Å². The molecule has 0 bridgehead atoms. The lowest BCUT2D eigenvalue weighted by atomic mass is 10.2. The first kappa shape index (κ1) is 13.7. The van der Waals surface area contributed by atoms with Gasteiger partial charge in [-0.05, 0) is 24.6 Å². The summed E-state index contributed by atoms with van der Waals surface area (Å²) in [6.07, 6.45) is 1.34. The summed E-state index contributed by atoms with van der Waals surface area (Å²) < 4.78 is 4.51. The van der Waals surface area contributed by atoms with Crippen molar-refractivity contribution in [2.75, 3.05) is 7.11 Å². The lowest BCUT2D eigenvalue weighted by Crippen LogP contribution is -2.12. The Bertz CT molecular complexity index is 460. The van der Waals surface area contributed by atoms with E-state index in [4.69, 9.17) is 10.1 Å². The number of nitriles is 1. The minimum atomic E-state index is -0.341. The molecule has 0 saturated carbocycles. The molecule has 5 nitrogen and oxygen atoms in total. The second-order valence-corrected chi connectivity index (χ2v) is 3.66. The van der Waals surface area contributed by atoms with E-state index in [9.17, 15) is 4.79 Å². The molecule has 0 radical (unpaired) electrons. The minimum absolute atomic E-state index is 0.154. The summed E-state index contributed by atoms with van der Waals surface area (Å²) in [5.74, 6) is -0.337. The van der Waals surface area contributed by atoms with Gasteiger partial charge in [-0.1, -0.05) is 17.3 Å². The maximum Gasteiger partial charge on any atom is 0.309 e. The van der Waals surface area contributed by atoms with Crippen LogP contribution in [0.1, 0.15) is 24.5 Å². The molecule has 0 fully saturated rings. The highest BCUT2D eigenvalue weighted by Gasteiger charge is 2.09. The first-order valence-corrected chi connectivity index (χ1v) is 5.42. The maximum atomic E-state index is 10.9. The van der Waals surface area contributed by atoms with Gasteiger partial charge in [0, 0.05) is 0 Å². The van der Waals surface area contributed by atoms with Gasteiger partial charge in [-0.3, -0.25) is 4.79 Å². The lowest BCUT2D eigenvalue weighted by Gasteiger charge is -2.07. The molecule has 94 valence electrons. The molecule has 1 unspecified atom stereocenters. The zero-order valence-electron chi connectivity index (χ0n) is 10.3. The molecule has 1 atom stereocenters. The third-order valence-corrected chi connectivity index (χ3v) is 2.16. The number of oxime groups is 1. The Hall–Kier alpha value is -2.35. The monoisotopic (exact) mass is 246 g/mol. The highest BCUT2D eigenvalue weighted by molar-refractivity contribution is 5.79. The normalized spacial score (nSPS) is 11.8. The summed E-state index contributed by atoms with van der Waals surface area (Å²) in [4.78, 5) is 16.0. The van der Waals surface area contributed by atoms with Gasteiger partial charge in [0.1, 0.15) is 6.10 Å². The summed E-state index contributed by atoms with van der Waals surface area (Å²) in [7, 11) is 1.33. The number of hydrogen-bond donors (Lipinski definition) is 0. The zero-order chi connectivity index (χ0) is 13.4. The van der Waals surface area contributed by atoms with E-state index in [1.807, 2.05) is 6.07 Å². The highest BCUT2D eigenvalue weighted by Crippen LogP contribution is 2.02. The minimum Gasteiger partial charge on any atom is -0.469 e. The Labute approximate surface area is 106 Å². The molecule has 0 heterocycles. The molecule has 1 aromatic rings. The summed E-state index contributed by atoms with van der Waals surface area (Å²) in [6.45, 7) is 1.73. The lowest BCUT2D eigenvalue weighted by molar-refractivity contribution is -0.143. The van der Waals surface area contributed by atoms with Gasteiger partial charge < -0.3 is 9.57 Å². The van der Waals surface area contributed by atoms with Crippen molar-refractivity contribution >= 4 is 12.2 Å². The van der Waals surface area contributed by atoms with Gasteiger partial charge in [0.15, 0.2) is 0 Å². The van der Waals surface area contributed by atoms with Crippen molar-refractivity contribution in [3.05, 3.63) is 35.4 Å². The highest BCUT2D eigenvalue weighted by atomic mass is 16.6. The van der Waals surface area contributed by atoms with Crippen molar-refractivity contribution in [3.63, 3.8) is 0 Å². The van der Waals surface area contributed by atoms with E-state index >= 15 is 0 Å². The van der Waals surface area contributed by atoms with Crippen LogP contribution in [0.4, 0.5) is 0 Å². The molecule has 0 aliphatic rings. The topological polar surface area (TPSA) is 71.7 Å². The number of methoxy groups -OCH3 is 1. The SMILES string of the molecule is COC(=O)CC(C)ON=Cc1ccc(C#N)cc1. The molecule has 5 heteroatoms. The van der Waals surface area contributed by atoms with Crippen LogP contribution in [-0.2, 0) is 14.4 Å². The van der Waals surface area contributed by atoms with Crippen LogP contribution in [-0.4, -0.2) is 25.4 Å². The average Bonchev–Trinajstić information content (AvgIpc) is 2.39. The smallest absolute Gasteiger partial charge is 0.309 e. The fraction of sp³-hybridized carbons (Fsp3) is 0.308. The number of rotatable bonds is 5. The Balaban J connectivity index is 2.44. The zero-order valence-corrected chi connectivity index (χ0v) is 10.3. The van der Waals surface area contributed by atoms with Gasteiger partial charge in [-0.25, -0.2) is 0 Å². The maximum absolute atomic E-state index is 10.9. The molecular weight excluding hydrogens is 232 g/mol.